The summed E-state index contributed by atoms with van der Waals surface area (Å²) in [4.78, 5) is 12.9. The summed E-state index contributed by atoms with van der Waals surface area (Å²) < 4.78 is 44.8. The average Bonchev–Trinajstić information content (AvgIpc) is 2.71. The first-order valence-corrected chi connectivity index (χ1v) is 7.66. The van der Waals surface area contributed by atoms with Crippen molar-refractivity contribution in [2.75, 3.05) is 24.3 Å². The van der Waals surface area contributed by atoms with Crippen LogP contribution in [0.3, 0.4) is 0 Å². The highest BCUT2D eigenvalue weighted by Gasteiger charge is 2.33. The molecule has 6 nitrogen and oxygen atoms in total. The van der Waals surface area contributed by atoms with E-state index >= 15 is 0 Å². The number of halogens is 1. The van der Waals surface area contributed by atoms with Gasteiger partial charge in [0.05, 0.1) is 18.5 Å². The maximum absolute atomic E-state index is 13.5. The van der Waals surface area contributed by atoms with Crippen LogP contribution >= 0.6 is 0 Å². The molecule has 20 heavy (non-hydrogen) atoms. The normalized spacial score (nSPS) is 19.2. The second kappa shape index (κ2) is 5.37. The molecular formula is C12H14FNO5S. The lowest BCUT2D eigenvalue weighted by Crippen LogP contribution is -2.26. The lowest BCUT2D eigenvalue weighted by atomic mass is 10.2. The first-order chi connectivity index (χ1) is 9.26. The van der Waals surface area contributed by atoms with Crippen molar-refractivity contribution < 1.29 is 26.5 Å². The zero-order valence-electron chi connectivity index (χ0n) is 11.0. The van der Waals surface area contributed by atoms with Crippen molar-refractivity contribution in [2.45, 2.75) is 13.0 Å². The fraction of sp³-hybridized carbons (Fsp3) is 0.417. The second-order valence-corrected chi connectivity index (χ2v) is 6.18. The molecule has 0 aliphatic carbocycles. The van der Waals surface area contributed by atoms with Gasteiger partial charge in [0, 0.05) is 0 Å². The Morgan fingerprint density at radius 2 is 2.20 bits per heavy atom. The monoisotopic (exact) mass is 303 g/mol. The van der Waals surface area contributed by atoms with Crippen LogP contribution in [-0.2, 0) is 19.0 Å². The Balaban J connectivity index is 2.07. The number of hydrogen-bond acceptors (Lipinski definition) is 5. The molecule has 0 N–H and O–H groups in total. The van der Waals surface area contributed by atoms with E-state index < -0.39 is 28.1 Å². The number of cyclic esters (lactones) is 1. The minimum absolute atomic E-state index is 0.108. The van der Waals surface area contributed by atoms with Crippen LogP contribution in [0.25, 0.3) is 0 Å². The number of aryl methyl sites for hydroxylation is 1. The lowest BCUT2D eigenvalue weighted by molar-refractivity contribution is 0.107. The highest BCUT2D eigenvalue weighted by atomic mass is 32.2. The van der Waals surface area contributed by atoms with Gasteiger partial charge in [-0.05, 0) is 24.6 Å². The smallest absolute Gasteiger partial charge is 0.414 e. The number of anilines is 1. The molecule has 1 aliphatic heterocycles. The molecule has 110 valence electrons. The van der Waals surface area contributed by atoms with Crippen LogP contribution < -0.4 is 4.90 Å². The summed E-state index contributed by atoms with van der Waals surface area (Å²) >= 11 is 0. The van der Waals surface area contributed by atoms with Crippen molar-refractivity contribution >= 4 is 21.9 Å². The quantitative estimate of drug-likeness (QED) is 0.787. The first kappa shape index (κ1) is 14.7. The van der Waals surface area contributed by atoms with E-state index in [0.717, 1.165) is 6.26 Å². The topological polar surface area (TPSA) is 72.9 Å². The minimum atomic E-state index is -3.59. The van der Waals surface area contributed by atoms with Gasteiger partial charge < -0.3 is 4.74 Å². The van der Waals surface area contributed by atoms with Gasteiger partial charge in [0.15, 0.2) is 0 Å². The Bertz CT molecular complexity index is 631. The lowest BCUT2D eigenvalue weighted by Gasteiger charge is -2.13. The SMILES string of the molecule is Cc1ccc(N2CC(COS(C)(=O)=O)OC2=O)cc1F. The van der Waals surface area contributed by atoms with Crippen LogP contribution in [0.5, 0.6) is 0 Å². The molecule has 0 spiro atoms. The maximum Gasteiger partial charge on any atom is 0.414 e. The summed E-state index contributed by atoms with van der Waals surface area (Å²) in [5.41, 5.74) is 0.832. The number of amides is 1. The molecule has 1 saturated heterocycles. The zero-order valence-corrected chi connectivity index (χ0v) is 11.8. The molecule has 1 heterocycles. The fourth-order valence-electron chi connectivity index (χ4n) is 1.77. The maximum atomic E-state index is 13.5. The molecule has 0 saturated carbocycles. The van der Waals surface area contributed by atoms with Gasteiger partial charge in [-0.25, -0.2) is 9.18 Å². The predicted molar refractivity (Wildman–Crippen MR) is 69.5 cm³/mol. The van der Waals surface area contributed by atoms with Crippen molar-refractivity contribution in [1.82, 2.24) is 0 Å². The van der Waals surface area contributed by atoms with Crippen LogP contribution in [0.1, 0.15) is 5.56 Å². The van der Waals surface area contributed by atoms with Gasteiger partial charge in [0.1, 0.15) is 18.5 Å². The average molecular weight is 303 g/mol. The van der Waals surface area contributed by atoms with Crippen molar-refractivity contribution in [3.63, 3.8) is 0 Å². The van der Waals surface area contributed by atoms with E-state index in [9.17, 15) is 17.6 Å². The van der Waals surface area contributed by atoms with Gasteiger partial charge in [0.25, 0.3) is 10.1 Å². The van der Waals surface area contributed by atoms with E-state index in [-0.39, 0.29) is 13.2 Å². The standard InChI is InChI=1S/C12H14FNO5S/c1-8-3-4-9(5-11(8)13)14-6-10(19-12(14)15)7-18-20(2,16)17/h3-5,10H,6-7H2,1-2H3. The highest BCUT2D eigenvalue weighted by Crippen LogP contribution is 2.23. The molecule has 0 bridgehead atoms. The zero-order chi connectivity index (χ0) is 14.9. The number of ether oxygens (including phenoxy) is 1. The highest BCUT2D eigenvalue weighted by molar-refractivity contribution is 7.85. The van der Waals surface area contributed by atoms with E-state index in [1.54, 1.807) is 19.1 Å². The van der Waals surface area contributed by atoms with E-state index in [2.05, 4.69) is 4.18 Å². The van der Waals surface area contributed by atoms with Crippen LogP contribution in [0, 0.1) is 12.7 Å². The third-order valence-corrected chi connectivity index (χ3v) is 3.37. The first-order valence-electron chi connectivity index (χ1n) is 5.85. The molecule has 2 rings (SSSR count). The summed E-state index contributed by atoms with van der Waals surface area (Å²) in [6.45, 7) is 1.47. The Morgan fingerprint density at radius 3 is 2.80 bits per heavy atom. The van der Waals surface area contributed by atoms with Gasteiger partial charge in [-0.1, -0.05) is 6.07 Å². The number of carbonyl (C=O) groups excluding carboxylic acids is 1. The van der Waals surface area contributed by atoms with E-state index in [1.807, 2.05) is 0 Å². The summed E-state index contributed by atoms with van der Waals surface area (Å²) in [5, 5.41) is 0. The number of nitrogens with zero attached hydrogens (tertiary/aromatic N) is 1. The fourth-order valence-corrected chi connectivity index (χ4v) is 2.17. The third-order valence-electron chi connectivity index (χ3n) is 2.81. The molecule has 1 fully saturated rings. The van der Waals surface area contributed by atoms with Gasteiger partial charge in [0.2, 0.25) is 0 Å². The number of benzene rings is 1. The predicted octanol–water partition coefficient (Wildman–Crippen LogP) is 1.44. The number of rotatable bonds is 4. The van der Waals surface area contributed by atoms with Crippen LogP contribution in [-0.4, -0.2) is 40.0 Å². The van der Waals surface area contributed by atoms with Gasteiger partial charge >= 0.3 is 6.09 Å². The van der Waals surface area contributed by atoms with Crippen LogP contribution in [0.2, 0.25) is 0 Å². The van der Waals surface area contributed by atoms with Gasteiger partial charge in [-0.15, -0.1) is 0 Å². The molecule has 1 aromatic rings. The summed E-state index contributed by atoms with van der Waals surface area (Å²) in [6.07, 6.45) is -0.450. The number of hydrogen-bond donors (Lipinski definition) is 0. The van der Waals surface area contributed by atoms with Crippen molar-refractivity contribution in [2.24, 2.45) is 0 Å². The molecule has 0 radical (unpaired) electrons. The van der Waals surface area contributed by atoms with E-state index in [4.69, 9.17) is 4.74 Å². The Labute approximate surface area is 116 Å². The third kappa shape index (κ3) is 3.45. The molecular weight excluding hydrogens is 289 g/mol. The van der Waals surface area contributed by atoms with E-state index in [1.165, 1.54) is 11.0 Å². The van der Waals surface area contributed by atoms with Crippen molar-refractivity contribution in [3.8, 4) is 0 Å². The van der Waals surface area contributed by atoms with E-state index in [0.29, 0.717) is 11.3 Å². The molecule has 1 aromatic carbocycles. The molecule has 8 heteroatoms. The molecule has 0 aromatic heterocycles. The van der Waals surface area contributed by atoms with Crippen LogP contribution in [0.15, 0.2) is 18.2 Å². The molecule has 1 amide bonds. The molecule has 1 atom stereocenters. The Hall–Kier alpha value is -1.67. The Kier molecular flexibility index (Phi) is 3.96. The summed E-state index contributed by atoms with van der Waals surface area (Å²) in [5.74, 6) is -0.425. The largest absolute Gasteiger partial charge is 0.441 e. The Morgan fingerprint density at radius 1 is 1.50 bits per heavy atom. The molecule has 1 unspecified atom stereocenters. The van der Waals surface area contributed by atoms with Gasteiger partial charge in [-0.3, -0.25) is 9.08 Å². The summed E-state index contributed by atoms with van der Waals surface area (Å²) in [7, 11) is -3.59. The van der Waals surface area contributed by atoms with Crippen molar-refractivity contribution in [1.29, 1.82) is 0 Å². The molecule has 1 aliphatic rings. The number of carbonyl (C=O) groups is 1. The summed E-state index contributed by atoms with van der Waals surface area (Å²) in [6, 6.07) is 4.38. The minimum Gasteiger partial charge on any atom is -0.441 e. The van der Waals surface area contributed by atoms with Gasteiger partial charge in [-0.2, -0.15) is 8.42 Å². The second-order valence-electron chi connectivity index (χ2n) is 4.54. The van der Waals surface area contributed by atoms with Crippen molar-refractivity contribution in [3.05, 3.63) is 29.6 Å². The van der Waals surface area contributed by atoms with Crippen LogP contribution in [0.4, 0.5) is 14.9 Å².